The molecule has 2 N–H and O–H groups in total. The van der Waals surface area contributed by atoms with E-state index in [0.717, 1.165) is 13.0 Å². The average molecular weight is 320 g/mol. The molecule has 2 atom stereocenters. The number of aliphatic hydroxyl groups excluding tert-OH is 1. The lowest BCUT2D eigenvalue weighted by Crippen LogP contribution is -2.54. The topological polar surface area (TPSA) is 61.8 Å². The van der Waals surface area contributed by atoms with Crippen molar-refractivity contribution >= 4 is 6.09 Å². The predicted octanol–water partition coefficient (Wildman–Crippen LogP) is 2.39. The number of carbonyl (C=O) groups excluding carboxylic acids is 1. The summed E-state index contributed by atoms with van der Waals surface area (Å²) in [7, 11) is 0. The summed E-state index contributed by atoms with van der Waals surface area (Å²) in [6.45, 7) is 7.67. The fourth-order valence-corrected chi connectivity index (χ4v) is 2.79. The molecule has 1 fully saturated rings. The van der Waals surface area contributed by atoms with E-state index in [1.54, 1.807) is 4.90 Å². The number of nitrogens with one attached hydrogen (secondary N) is 1. The number of benzene rings is 1. The molecule has 0 saturated carbocycles. The lowest BCUT2D eigenvalue weighted by Gasteiger charge is -2.38. The Labute approximate surface area is 138 Å². The summed E-state index contributed by atoms with van der Waals surface area (Å²) in [5, 5.41) is 13.1. The molecule has 0 aliphatic carbocycles. The summed E-state index contributed by atoms with van der Waals surface area (Å²) in [6, 6.07) is 10.2. The smallest absolute Gasteiger partial charge is 0.410 e. The molecule has 0 radical (unpaired) electrons. The van der Waals surface area contributed by atoms with E-state index in [0.29, 0.717) is 13.1 Å². The second-order valence-electron chi connectivity index (χ2n) is 7.13. The van der Waals surface area contributed by atoms with Crippen LogP contribution >= 0.6 is 0 Å². The molecular weight excluding hydrogens is 292 g/mol. The lowest BCUT2D eigenvalue weighted by atomic mass is 9.92. The SMILES string of the molecule is CC(C)(C)OC(=O)N1CC[C@H](CO)[C@H](NCc2ccccc2)C1. The quantitative estimate of drug-likeness (QED) is 0.894. The summed E-state index contributed by atoms with van der Waals surface area (Å²) >= 11 is 0. The maximum Gasteiger partial charge on any atom is 0.410 e. The highest BCUT2D eigenvalue weighted by molar-refractivity contribution is 5.68. The van der Waals surface area contributed by atoms with E-state index in [9.17, 15) is 9.90 Å². The summed E-state index contributed by atoms with van der Waals surface area (Å²) in [5.74, 6) is 0.164. The highest BCUT2D eigenvalue weighted by atomic mass is 16.6. The van der Waals surface area contributed by atoms with Crippen molar-refractivity contribution in [2.45, 2.75) is 45.4 Å². The van der Waals surface area contributed by atoms with Crippen molar-refractivity contribution in [1.29, 1.82) is 0 Å². The highest BCUT2D eigenvalue weighted by Crippen LogP contribution is 2.20. The predicted molar refractivity (Wildman–Crippen MR) is 90.1 cm³/mol. The number of nitrogens with zero attached hydrogens (tertiary/aromatic N) is 1. The molecule has 5 nitrogen and oxygen atoms in total. The van der Waals surface area contributed by atoms with Gasteiger partial charge in [0, 0.05) is 38.2 Å². The number of rotatable bonds is 4. The molecule has 128 valence electrons. The van der Waals surface area contributed by atoms with E-state index >= 15 is 0 Å². The summed E-state index contributed by atoms with van der Waals surface area (Å²) in [6.07, 6.45) is 0.503. The molecule has 5 heteroatoms. The minimum Gasteiger partial charge on any atom is -0.444 e. The Balaban J connectivity index is 1.94. The van der Waals surface area contributed by atoms with Crippen LogP contribution in [0.3, 0.4) is 0 Å². The molecule has 0 aromatic heterocycles. The third kappa shape index (κ3) is 5.52. The molecule has 1 aromatic carbocycles. The molecule has 0 spiro atoms. The molecule has 1 aliphatic rings. The van der Waals surface area contributed by atoms with Gasteiger partial charge in [0.2, 0.25) is 0 Å². The van der Waals surface area contributed by atoms with Gasteiger partial charge in [0.05, 0.1) is 0 Å². The first kappa shape index (κ1) is 17.8. The minimum atomic E-state index is -0.488. The van der Waals surface area contributed by atoms with Gasteiger partial charge in [-0.15, -0.1) is 0 Å². The molecule has 23 heavy (non-hydrogen) atoms. The van der Waals surface area contributed by atoms with Crippen LogP contribution in [0.1, 0.15) is 32.8 Å². The first-order chi connectivity index (χ1) is 10.9. The standard InChI is InChI=1S/C18H28N2O3/c1-18(2,3)23-17(22)20-10-9-15(13-21)16(12-20)19-11-14-7-5-4-6-8-14/h4-8,15-16,19,21H,9-13H2,1-3H3/t15-,16-/m1/s1. The van der Waals surface area contributed by atoms with Gasteiger partial charge in [0.1, 0.15) is 5.60 Å². The highest BCUT2D eigenvalue weighted by Gasteiger charge is 2.32. The zero-order valence-electron chi connectivity index (χ0n) is 14.3. The molecule has 1 aromatic rings. The lowest BCUT2D eigenvalue weighted by molar-refractivity contribution is 0.00986. The Kier molecular flexibility index (Phi) is 6.02. The van der Waals surface area contributed by atoms with Gasteiger partial charge in [-0.2, -0.15) is 0 Å². The number of piperidine rings is 1. The average Bonchev–Trinajstić information content (AvgIpc) is 2.52. The summed E-state index contributed by atoms with van der Waals surface area (Å²) < 4.78 is 5.45. The van der Waals surface area contributed by atoms with E-state index in [1.807, 2.05) is 39.0 Å². The summed E-state index contributed by atoms with van der Waals surface area (Å²) in [5.41, 5.74) is 0.705. The van der Waals surface area contributed by atoms with Crippen LogP contribution < -0.4 is 5.32 Å². The van der Waals surface area contributed by atoms with Gasteiger partial charge in [0.25, 0.3) is 0 Å². The normalized spacial score (nSPS) is 22.0. The third-order valence-electron chi connectivity index (χ3n) is 4.05. The number of aliphatic hydroxyl groups is 1. The Bertz CT molecular complexity index is 499. The van der Waals surface area contributed by atoms with E-state index in [-0.39, 0.29) is 24.7 Å². The van der Waals surface area contributed by atoms with Gasteiger partial charge < -0.3 is 20.1 Å². The Hall–Kier alpha value is -1.59. The second-order valence-corrected chi connectivity index (χ2v) is 7.13. The molecule has 0 unspecified atom stereocenters. The number of ether oxygens (including phenoxy) is 1. The zero-order valence-corrected chi connectivity index (χ0v) is 14.3. The van der Waals surface area contributed by atoms with Crippen molar-refractivity contribution in [2.75, 3.05) is 19.7 Å². The van der Waals surface area contributed by atoms with Crippen LogP contribution in [-0.2, 0) is 11.3 Å². The second kappa shape index (κ2) is 7.79. The molecule has 1 heterocycles. The van der Waals surface area contributed by atoms with Crippen molar-refractivity contribution < 1.29 is 14.6 Å². The van der Waals surface area contributed by atoms with Crippen molar-refractivity contribution in [3.8, 4) is 0 Å². The van der Waals surface area contributed by atoms with Crippen LogP contribution in [0.4, 0.5) is 4.79 Å². The van der Waals surface area contributed by atoms with Gasteiger partial charge in [-0.1, -0.05) is 30.3 Å². The molecule has 1 amide bonds. The largest absolute Gasteiger partial charge is 0.444 e. The van der Waals surface area contributed by atoms with Crippen LogP contribution in [0.2, 0.25) is 0 Å². The van der Waals surface area contributed by atoms with Crippen LogP contribution in [0, 0.1) is 5.92 Å². The van der Waals surface area contributed by atoms with Crippen LogP contribution in [0.5, 0.6) is 0 Å². The van der Waals surface area contributed by atoms with Gasteiger partial charge in [0.15, 0.2) is 0 Å². The molecule has 1 aliphatic heterocycles. The van der Waals surface area contributed by atoms with Gasteiger partial charge in [-0.05, 0) is 32.8 Å². The third-order valence-corrected chi connectivity index (χ3v) is 4.05. The maximum atomic E-state index is 12.2. The van der Waals surface area contributed by atoms with Crippen molar-refractivity contribution in [1.82, 2.24) is 10.2 Å². The first-order valence-corrected chi connectivity index (χ1v) is 8.25. The Morgan fingerprint density at radius 3 is 2.65 bits per heavy atom. The number of hydrogen-bond donors (Lipinski definition) is 2. The van der Waals surface area contributed by atoms with Crippen molar-refractivity contribution in [3.05, 3.63) is 35.9 Å². The molecule has 1 saturated heterocycles. The maximum absolute atomic E-state index is 12.2. The number of carbonyl (C=O) groups is 1. The van der Waals surface area contributed by atoms with Crippen LogP contribution in [-0.4, -0.2) is 47.4 Å². The van der Waals surface area contributed by atoms with Crippen LogP contribution in [0.25, 0.3) is 0 Å². The molecule has 2 rings (SSSR count). The van der Waals surface area contributed by atoms with Crippen molar-refractivity contribution in [2.24, 2.45) is 5.92 Å². The first-order valence-electron chi connectivity index (χ1n) is 8.25. The van der Waals surface area contributed by atoms with Gasteiger partial charge >= 0.3 is 6.09 Å². The fraction of sp³-hybridized carbons (Fsp3) is 0.611. The Morgan fingerprint density at radius 2 is 2.04 bits per heavy atom. The van der Waals surface area contributed by atoms with Gasteiger partial charge in [-0.25, -0.2) is 4.79 Å². The molecular formula is C18H28N2O3. The van der Waals surface area contributed by atoms with Crippen LogP contribution in [0.15, 0.2) is 30.3 Å². The van der Waals surface area contributed by atoms with Gasteiger partial charge in [-0.3, -0.25) is 0 Å². The zero-order chi connectivity index (χ0) is 16.9. The number of hydrogen-bond acceptors (Lipinski definition) is 4. The number of likely N-dealkylation sites (tertiary alicyclic amines) is 1. The minimum absolute atomic E-state index is 0.0708. The summed E-state index contributed by atoms with van der Waals surface area (Å²) in [4.78, 5) is 14.0. The number of amides is 1. The van der Waals surface area contributed by atoms with E-state index < -0.39 is 5.60 Å². The monoisotopic (exact) mass is 320 g/mol. The van der Waals surface area contributed by atoms with E-state index in [2.05, 4.69) is 17.4 Å². The van der Waals surface area contributed by atoms with E-state index in [1.165, 1.54) is 5.56 Å². The van der Waals surface area contributed by atoms with E-state index in [4.69, 9.17) is 4.74 Å². The Morgan fingerprint density at radius 1 is 1.35 bits per heavy atom. The fourth-order valence-electron chi connectivity index (χ4n) is 2.79. The molecule has 0 bridgehead atoms. The van der Waals surface area contributed by atoms with Crippen molar-refractivity contribution in [3.63, 3.8) is 0 Å².